The molecule has 2 aliphatic rings. The summed E-state index contributed by atoms with van der Waals surface area (Å²) in [6.07, 6.45) is 8.29. The van der Waals surface area contributed by atoms with Gasteiger partial charge in [-0.15, -0.1) is 10.2 Å². The van der Waals surface area contributed by atoms with Gasteiger partial charge in [0, 0.05) is 43.6 Å². The molecular weight excluding hydrogens is 324 g/mol. The molecule has 0 aliphatic carbocycles. The Balaban J connectivity index is 1.46. The van der Waals surface area contributed by atoms with Crippen molar-refractivity contribution in [3.63, 3.8) is 0 Å². The number of hydrogen-bond donors (Lipinski definition) is 0. The number of likely N-dealkylation sites (tertiary alicyclic amines) is 1. The van der Waals surface area contributed by atoms with Crippen molar-refractivity contribution in [3.05, 3.63) is 35.7 Å². The SMILES string of the molecule is Cc1cc(N2CCC[C@@H](c3nnc(CN4CCCCC4)n3C)C2)ccn1. The molecule has 0 N–H and O–H groups in total. The number of aromatic nitrogens is 4. The summed E-state index contributed by atoms with van der Waals surface area (Å²) < 4.78 is 2.25. The molecule has 0 spiro atoms. The van der Waals surface area contributed by atoms with Gasteiger partial charge in [0.05, 0.1) is 6.54 Å². The maximum Gasteiger partial charge on any atom is 0.146 e. The van der Waals surface area contributed by atoms with Crippen LogP contribution in [0.3, 0.4) is 0 Å². The lowest BCUT2D eigenvalue weighted by molar-refractivity contribution is 0.213. The van der Waals surface area contributed by atoms with E-state index in [2.05, 4.69) is 55.7 Å². The molecule has 0 saturated carbocycles. The van der Waals surface area contributed by atoms with Crippen molar-refractivity contribution in [1.29, 1.82) is 0 Å². The highest BCUT2D eigenvalue weighted by atomic mass is 15.3. The van der Waals surface area contributed by atoms with E-state index < -0.39 is 0 Å². The third-order valence-corrected chi connectivity index (χ3v) is 5.84. The van der Waals surface area contributed by atoms with Crippen molar-refractivity contribution in [3.8, 4) is 0 Å². The second kappa shape index (κ2) is 7.74. The van der Waals surface area contributed by atoms with Crippen molar-refractivity contribution in [2.45, 2.75) is 51.5 Å². The summed E-state index contributed by atoms with van der Waals surface area (Å²) in [6, 6.07) is 4.30. The van der Waals surface area contributed by atoms with Crippen molar-refractivity contribution >= 4 is 5.69 Å². The van der Waals surface area contributed by atoms with Gasteiger partial charge < -0.3 is 9.47 Å². The normalized spacial score (nSPS) is 21.9. The van der Waals surface area contributed by atoms with Crippen LogP contribution in [-0.2, 0) is 13.6 Å². The highest BCUT2D eigenvalue weighted by Crippen LogP contribution is 2.29. The van der Waals surface area contributed by atoms with Crippen LogP contribution >= 0.6 is 0 Å². The maximum absolute atomic E-state index is 4.60. The van der Waals surface area contributed by atoms with E-state index in [9.17, 15) is 0 Å². The fourth-order valence-corrected chi connectivity index (χ4v) is 4.34. The number of anilines is 1. The zero-order valence-corrected chi connectivity index (χ0v) is 16.1. The van der Waals surface area contributed by atoms with E-state index >= 15 is 0 Å². The molecule has 4 heterocycles. The van der Waals surface area contributed by atoms with Gasteiger partial charge >= 0.3 is 0 Å². The van der Waals surface area contributed by atoms with E-state index in [1.165, 1.54) is 50.9 Å². The van der Waals surface area contributed by atoms with E-state index in [0.717, 1.165) is 37.0 Å². The molecule has 0 radical (unpaired) electrons. The minimum atomic E-state index is 0.449. The van der Waals surface area contributed by atoms with E-state index in [1.807, 2.05) is 6.20 Å². The van der Waals surface area contributed by atoms with Crippen LogP contribution in [-0.4, -0.2) is 50.8 Å². The monoisotopic (exact) mass is 354 g/mol. The molecule has 2 aliphatic heterocycles. The minimum absolute atomic E-state index is 0.449. The molecule has 2 aromatic heterocycles. The van der Waals surface area contributed by atoms with Gasteiger partial charge in [0.15, 0.2) is 0 Å². The standard InChI is InChI=1S/C20H30N6/c1-16-13-18(8-9-21-16)26-12-6-7-17(14-26)20-23-22-19(24(20)2)15-25-10-4-3-5-11-25/h8-9,13,17H,3-7,10-12,14-15H2,1-2H3/t17-/m1/s1. The molecule has 0 unspecified atom stereocenters. The van der Waals surface area contributed by atoms with Gasteiger partial charge in [0.2, 0.25) is 0 Å². The lowest BCUT2D eigenvalue weighted by Gasteiger charge is -2.34. The van der Waals surface area contributed by atoms with Gasteiger partial charge in [0.25, 0.3) is 0 Å². The summed E-state index contributed by atoms with van der Waals surface area (Å²) in [5.74, 6) is 2.70. The van der Waals surface area contributed by atoms with Crippen LogP contribution in [0.5, 0.6) is 0 Å². The molecule has 140 valence electrons. The fraction of sp³-hybridized carbons (Fsp3) is 0.650. The van der Waals surface area contributed by atoms with Crippen LogP contribution in [0.1, 0.15) is 55.4 Å². The number of aryl methyl sites for hydroxylation is 1. The number of rotatable bonds is 4. The lowest BCUT2D eigenvalue weighted by Crippen LogP contribution is -2.35. The predicted molar refractivity (Wildman–Crippen MR) is 103 cm³/mol. The van der Waals surface area contributed by atoms with Crippen molar-refractivity contribution in [2.24, 2.45) is 7.05 Å². The first kappa shape index (κ1) is 17.5. The van der Waals surface area contributed by atoms with Crippen LogP contribution in [0, 0.1) is 6.92 Å². The van der Waals surface area contributed by atoms with Crippen LogP contribution in [0.2, 0.25) is 0 Å². The number of nitrogens with zero attached hydrogens (tertiary/aromatic N) is 6. The predicted octanol–water partition coefficient (Wildman–Crippen LogP) is 2.89. The minimum Gasteiger partial charge on any atom is -0.371 e. The van der Waals surface area contributed by atoms with Gasteiger partial charge in [-0.2, -0.15) is 0 Å². The molecule has 0 bridgehead atoms. The smallest absolute Gasteiger partial charge is 0.146 e. The first-order chi connectivity index (χ1) is 12.7. The third-order valence-electron chi connectivity index (χ3n) is 5.84. The maximum atomic E-state index is 4.60. The summed E-state index contributed by atoms with van der Waals surface area (Å²) in [5, 5.41) is 9.14. The van der Waals surface area contributed by atoms with Crippen molar-refractivity contribution in [1.82, 2.24) is 24.6 Å². The van der Waals surface area contributed by atoms with E-state index in [4.69, 9.17) is 0 Å². The first-order valence-corrected chi connectivity index (χ1v) is 9.99. The molecule has 6 nitrogen and oxygen atoms in total. The molecule has 2 fully saturated rings. The van der Waals surface area contributed by atoms with Crippen molar-refractivity contribution in [2.75, 3.05) is 31.1 Å². The quantitative estimate of drug-likeness (QED) is 0.845. The second-order valence-electron chi connectivity index (χ2n) is 7.81. The average molecular weight is 355 g/mol. The molecular formula is C20H30N6. The molecule has 6 heteroatoms. The molecule has 1 atom stereocenters. The largest absolute Gasteiger partial charge is 0.371 e. The summed E-state index contributed by atoms with van der Waals surface area (Å²) >= 11 is 0. The average Bonchev–Trinajstić information content (AvgIpc) is 3.03. The van der Waals surface area contributed by atoms with Gasteiger partial charge in [-0.05, 0) is 57.8 Å². The molecule has 0 amide bonds. The highest BCUT2D eigenvalue weighted by molar-refractivity contribution is 5.47. The molecule has 0 aromatic carbocycles. The van der Waals surface area contributed by atoms with Crippen LogP contribution < -0.4 is 4.90 Å². The number of pyridine rings is 1. The Morgan fingerprint density at radius 1 is 1.08 bits per heavy atom. The zero-order chi connectivity index (χ0) is 17.9. The summed E-state index contributed by atoms with van der Waals surface area (Å²) in [5.41, 5.74) is 2.35. The van der Waals surface area contributed by atoms with Gasteiger partial charge in [-0.25, -0.2) is 0 Å². The molecule has 4 rings (SSSR count). The lowest BCUT2D eigenvalue weighted by atomic mass is 9.96. The van der Waals surface area contributed by atoms with E-state index in [-0.39, 0.29) is 0 Å². The van der Waals surface area contributed by atoms with E-state index in [0.29, 0.717) is 5.92 Å². The number of hydrogen-bond acceptors (Lipinski definition) is 5. The Bertz CT molecular complexity index is 734. The van der Waals surface area contributed by atoms with Crippen molar-refractivity contribution < 1.29 is 0 Å². The fourth-order valence-electron chi connectivity index (χ4n) is 4.34. The van der Waals surface area contributed by atoms with Gasteiger partial charge in [0.1, 0.15) is 11.6 Å². The zero-order valence-electron chi connectivity index (χ0n) is 16.1. The van der Waals surface area contributed by atoms with Crippen LogP contribution in [0.15, 0.2) is 18.3 Å². The summed E-state index contributed by atoms with van der Waals surface area (Å²) in [4.78, 5) is 9.32. The third kappa shape index (κ3) is 3.75. The second-order valence-corrected chi connectivity index (χ2v) is 7.81. The topological polar surface area (TPSA) is 50.1 Å². The van der Waals surface area contributed by atoms with Gasteiger partial charge in [-0.1, -0.05) is 6.42 Å². The Morgan fingerprint density at radius 3 is 2.73 bits per heavy atom. The molecule has 26 heavy (non-hydrogen) atoms. The number of piperidine rings is 2. The Labute approximate surface area is 156 Å². The Kier molecular flexibility index (Phi) is 5.20. The summed E-state index contributed by atoms with van der Waals surface area (Å²) in [6.45, 7) is 7.50. The Hall–Kier alpha value is -1.95. The summed E-state index contributed by atoms with van der Waals surface area (Å²) in [7, 11) is 2.14. The molecule has 2 saturated heterocycles. The highest BCUT2D eigenvalue weighted by Gasteiger charge is 2.26. The Morgan fingerprint density at radius 2 is 1.92 bits per heavy atom. The van der Waals surface area contributed by atoms with E-state index in [1.54, 1.807) is 0 Å². The molecule has 2 aromatic rings. The van der Waals surface area contributed by atoms with Crippen LogP contribution in [0.25, 0.3) is 0 Å². The first-order valence-electron chi connectivity index (χ1n) is 9.99. The van der Waals surface area contributed by atoms with Crippen LogP contribution in [0.4, 0.5) is 5.69 Å². The van der Waals surface area contributed by atoms with Gasteiger partial charge in [-0.3, -0.25) is 9.88 Å².